The number of aryl methyl sites for hydroxylation is 1. The molecular formula is C34H43ClN4O6Si. The molecule has 10 nitrogen and oxygen atoms in total. The van der Waals surface area contributed by atoms with Gasteiger partial charge in [-0.1, -0.05) is 26.9 Å². The highest BCUT2D eigenvalue weighted by molar-refractivity contribution is 6.77. The lowest BCUT2D eigenvalue weighted by atomic mass is 9.86. The van der Waals surface area contributed by atoms with Gasteiger partial charge in [0.15, 0.2) is 5.60 Å². The van der Waals surface area contributed by atoms with Crippen molar-refractivity contribution in [1.29, 1.82) is 0 Å². The molecule has 0 saturated carbocycles. The van der Waals surface area contributed by atoms with Crippen molar-refractivity contribution >= 4 is 43.4 Å². The number of cyclic esters (lactones) is 1. The van der Waals surface area contributed by atoms with E-state index in [0.717, 1.165) is 34.9 Å². The Morgan fingerprint density at radius 3 is 2.48 bits per heavy atom. The van der Waals surface area contributed by atoms with Crippen molar-refractivity contribution < 1.29 is 24.2 Å². The number of carbonyl (C=O) groups excluding carboxylic acids is 2. The number of esters is 1. The number of rotatable bonds is 4. The van der Waals surface area contributed by atoms with Crippen LogP contribution in [0.3, 0.4) is 0 Å². The van der Waals surface area contributed by atoms with E-state index in [1.807, 2.05) is 17.0 Å². The summed E-state index contributed by atoms with van der Waals surface area (Å²) in [7, 11) is -1.01. The maximum atomic E-state index is 13.6. The monoisotopic (exact) mass is 666 g/mol. The molecule has 2 aromatic heterocycles. The number of nitrogens with zero attached hydrogens (tertiary/aromatic N) is 4. The lowest BCUT2D eigenvalue weighted by Crippen LogP contribution is -2.51. The van der Waals surface area contributed by atoms with Crippen molar-refractivity contribution in [2.24, 2.45) is 0 Å². The molecule has 0 bridgehead atoms. The molecule has 1 amide bonds. The van der Waals surface area contributed by atoms with Gasteiger partial charge in [0.25, 0.3) is 5.56 Å². The second kappa shape index (κ2) is 12.1. The van der Waals surface area contributed by atoms with E-state index < -0.39 is 19.6 Å². The number of fused-ring (bicyclic) bond motifs is 5. The van der Waals surface area contributed by atoms with Crippen molar-refractivity contribution in [2.45, 2.75) is 89.5 Å². The Hall–Kier alpha value is -3.25. The van der Waals surface area contributed by atoms with Gasteiger partial charge < -0.3 is 28.9 Å². The molecule has 3 aromatic rings. The number of ether oxygens (including phenoxy) is 2. The summed E-state index contributed by atoms with van der Waals surface area (Å²) in [5, 5.41) is 12.1. The standard InChI is InChI=1S/C34H42N4O6Si.ClH/c1-5-23-24-17-22(44-33(41)37-11-9-21(10-12-37)36-13-15-45(3,4)16-14-36)7-8-28(24)35-30-25(23)19-38-29(30)18-27-26(31(38)39)20-43-32(40)34(27,42)6-2;/h7-8,17-18,21,42H,5-6,9-16,19-20H2,1-4H3;1H. The Labute approximate surface area is 276 Å². The van der Waals surface area contributed by atoms with Gasteiger partial charge in [-0.15, -0.1) is 12.4 Å². The number of benzene rings is 1. The van der Waals surface area contributed by atoms with Crippen LogP contribution in [0.1, 0.15) is 55.4 Å². The fourth-order valence-electron chi connectivity index (χ4n) is 7.68. The minimum Gasteiger partial charge on any atom is -0.458 e. The van der Waals surface area contributed by atoms with Gasteiger partial charge in [0, 0.05) is 43.7 Å². The van der Waals surface area contributed by atoms with Crippen molar-refractivity contribution in [3.63, 3.8) is 0 Å². The van der Waals surface area contributed by atoms with Crippen LogP contribution >= 0.6 is 12.4 Å². The maximum absolute atomic E-state index is 13.6. The normalized spacial score (nSPS) is 22.5. The first-order valence-electron chi connectivity index (χ1n) is 16.4. The van der Waals surface area contributed by atoms with Crippen LogP contribution in [0.5, 0.6) is 5.75 Å². The number of piperidine rings is 1. The van der Waals surface area contributed by atoms with E-state index >= 15 is 0 Å². The van der Waals surface area contributed by atoms with Gasteiger partial charge in [0.05, 0.1) is 29.0 Å². The number of hydrogen-bond donors (Lipinski definition) is 1. The molecule has 2 saturated heterocycles. The first-order valence-corrected chi connectivity index (χ1v) is 19.8. The van der Waals surface area contributed by atoms with Gasteiger partial charge in [-0.3, -0.25) is 4.79 Å². The second-order valence-electron chi connectivity index (χ2n) is 13.8. The lowest BCUT2D eigenvalue weighted by molar-refractivity contribution is -0.172. The molecule has 1 N–H and O–H groups in total. The van der Waals surface area contributed by atoms with Crippen LogP contribution in [0.2, 0.25) is 25.2 Å². The summed E-state index contributed by atoms with van der Waals surface area (Å²) >= 11 is 0. The van der Waals surface area contributed by atoms with Crippen LogP contribution in [0.4, 0.5) is 4.79 Å². The molecule has 12 heteroatoms. The highest BCUT2D eigenvalue weighted by Crippen LogP contribution is 2.41. The Bertz CT molecular complexity index is 1780. The number of aliphatic hydroxyl groups is 1. The molecule has 1 atom stereocenters. The summed E-state index contributed by atoms with van der Waals surface area (Å²) in [5.41, 5.74) is 2.39. The summed E-state index contributed by atoms with van der Waals surface area (Å²) < 4.78 is 12.8. The average molecular weight is 667 g/mol. The average Bonchev–Trinajstić information content (AvgIpc) is 3.40. The summed E-state index contributed by atoms with van der Waals surface area (Å²) in [5.74, 6) is -0.263. The molecule has 0 aliphatic carbocycles. The molecule has 46 heavy (non-hydrogen) atoms. The molecule has 0 spiro atoms. The van der Waals surface area contributed by atoms with E-state index in [2.05, 4.69) is 24.9 Å². The number of carbonyl (C=O) groups is 2. The zero-order chi connectivity index (χ0) is 31.7. The number of halogens is 1. The minimum atomic E-state index is -1.87. The zero-order valence-corrected chi connectivity index (χ0v) is 28.9. The van der Waals surface area contributed by atoms with Crippen molar-refractivity contribution in [2.75, 3.05) is 26.2 Å². The predicted octanol–water partition coefficient (Wildman–Crippen LogP) is 5.05. The van der Waals surface area contributed by atoms with Crippen LogP contribution in [0.15, 0.2) is 29.1 Å². The van der Waals surface area contributed by atoms with Gasteiger partial charge in [-0.25, -0.2) is 14.6 Å². The molecule has 1 unspecified atom stereocenters. The van der Waals surface area contributed by atoms with Gasteiger partial charge in [0.2, 0.25) is 0 Å². The van der Waals surface area contributed by atoms with E-state index in [1.165, 1.54) is 25.2 Å². The SMILES string of the molecule is CCc1c2c(nc3ccc(OC(=O)N4CCC(N5CC[Si](C)(C)CC5)CC4)cc13)-c1cc3c(c(=O)n1C2)COC(=O)C3(O)CC.Cl. The second-order valence-corrected chi connectivity index (χ2v) is 19.2. The highest BCUT2D eigenvalue weighted by atomic mass is 35.5. The Balaban J connectivity index is 0.00000372. The molecule has 4 aliphatic heterocycles. The van der Waals surface area contributed by atoms with E-state index in [4.69, 9.17) is 14.5 Å². The number of aromatic nitrogens is 2. The fraction of sp³-hybridized carbons (Fsp3) is 0.529. The first-order chi connectivity index (χ1) is 21.5. The predicted molar refractivity (Wildman–Crippen MR) is 180 cm³/mol. The summed E-state index contributed by atoms with van der Waals surface area (Å²) in [4.78, 5) is 48.7. The third-order valence-corrected chi connectivity index (χ3v) is 13.9. The van der Waals surface area contributed by atoms with Crippen molar-refractivity contribution in [1.82, 2.24) is 19.4 Å². The molecule has 4 aliphatic rings. The number of likely N-dealkylation sites (tertiary alicyclic amines) is 1. The molecule has 2 fully saturated rings. The first kappa shape index (κ1) is 32.7. The molecule has 0 radical (unpaired) electrons. The largest absolute Gasteiger partial charge is 0.458 e. The van der Waals surface area contributed by atoms with Crippen LogP contribution in [0.25, 0.3) is 22.3 Å². The fourth-order valence-corrected chi connectivity index (χ4v) is 9.72. The van der Waals surface area contributed by atoms with E-state index in [1.54, 1.807) is 23.6 Å². The molecule has 6 heterocycles. The highest BCUT2D eigenvalue weighted by Gasteiger charge is 2.45. The number of hydrogen-bond acceptors (Lipinski definition) is 8. The third-order valence-electron chi connectivity index (χ3n) is 10.7. The van der Waals surface area contributed by atoms with Crippen molar-refractivity contribution in [3.05, 3.63) is 56.9 Å². The van der Waals surface area contributed by atoms with Gasteiger partial charge in [-0.05, 0) is 80.7 Å². The van der Waals surface area contributed by atoms with Gasteiger partial charge in [-0.2, -0.15) is 0 Å². The third kappa shape index (κ3) is 5.34. The van der Waals surface area contributed by atoms with Crippen molar-refractivity contribution in [3.8, 4) is 17.1 Å². The van der Waals surface area contributed by atoms with E-state index in [9.17, 15) is 19.5 Å². The van der Waals surface area contributed by atoms with Crippen LogP contribution in [0, 0.1) is 0 Å². The smallest absolute Gasteiger partial charge is 0.415 e. The van der Waals surface area contributed by atoms with Crippen LogP contribution < -0.4 is 10.3 Å². The summed E-state index contributed by atoms with van der Waals surface area (Å²) in [6, 6.07) is 10.5. The van der Waals surface area contributed by atoms with Gasteiger partial charge in [0.1, 0.15) is 12.4 Å². The quantitative estimate of drug-likeness (QED) is 0.238. The minimum absolute atomic E-state index is 0. The Morgan fingerprint density at radius 2 is 1.80 bits per heavy atom. The lowest BCUT2D eigenvalue weighted by Gasteiger charge is -2.43. The topological polar surface area (TPSA) is 114 Å². The molecule has 246 valence electrons. The Morgan fingerprint density at radius 1 is 1.09 bits per heavy atom. The molecular weight excluding hydrogens is 624 g/mol. The Kier molecular flexibility index (Phi) is 8.58. The van der Waals surface area contributed by atoms with Gasteiger partial charge >= 0.3 is 12.1 Å². The number of pyridine rings is 2. The zero-order valence-electron chi connectivity index (χ0n) is 27.1. The summed E-state index contributed by atoms with van der Waals surface area (Å²) in [6.07, 6.45) is 2.41. The molecule has 1 aromatic carbocycles. The maximum Gasteiger partial charge on any atom is 0.415 e. The number of amides is 1. The van der Waals surface area contributed by atoms with E-state index in [-0.39, 0.29) is 37.1 Å². The summed E-state index contributed by atoms with van der Waals surface area (Å²) in [6.45, 7) is 12.7. The van der Waals surface area contributed by atoms with Crippen LogP contribution in [-0.4, -0.2) is 76.8 Å². The van der Waals surface area contributed by atoms with E-state index in [0.29, 0.717) is 60.4 Å². The molecule has 7 rings (SSSR count). The van der Waals surface area contributed by atoms with Crippen LogP contribution in [-0.2, 0) is 34.7 Å².